The average Bonchev–Trinajstić information content (AvgIpc) is 2.65. The van der Waals surface area contributed by atoms with E-state index >= 15 is 0 Å². The Kier molecular flexibility index (Phi) is 5.42. The minimum Gasteiger partial charge on any atom is -0.392 e. The molecular weight excluding hydrogens is 220 g/mol. The van der Waals surface area contributed by atoms with Gasteiger partial charge in [-0.2, -0.15) is 5.10 Å². The second kappa shape index (κ2) is 6.60. The normalized spacial score (nSPS) is 10.9. The highest BCUT2D eigenvalue weighted by Crippen LogP contribution is 2.04. The summed E-state index contributed by atoms with van der Waals surface area (Å²) in [7, 11) is 0. The molecule has 5 heteroatoms. The van der Waals surface area contributed by atoms with Gasteiger partial charge in [0.2, 0.25) is 0 Å². The van der Waals surface area contributed by atoms with Crippen LogP contribution in [-0.2, 0) is 13.1 Å². The van der Waals surface area contributed by atoms with E-state index in [0.29, 0.717) is 11.5 Å². The van der Waals surface area contributed by atoms with Crippen molar-refractivity contribution in [3.8, 4) is 0 Å². The molecule has 0 radical (unpaired) electrons. The van der Waals surface area contributed by atoms with E-state index in [1.807, 2.05) is 10.9 Å². The Hall–Kier alpha value is -0.940. The maximum atomic E-state index is 5.58. The van der Waals surface area contributed by atoms with Crippen molar-refractivity contribution >= 4 is 17.2 Å². The van der Waals surface area contributed by atoms with Gasteiger partial charge in [0.05, 0.1) is 11.2 Å². The Balaban J connectivity index is 2.56. The van der Waals surface area contributed by atoms with Gasteiger partial charge in [0.15, 0.2) is 0 Å². The summed E-state index contributed by atoms with van der Waals surface area (Å²) < 4.78 is 1.93. The molecule has 16 heavy (non-hydrogen) atoms. The second-order valence-corrected chi connectivity index (χ2v) is 4.41. The average molecular weight is 240 g/mol. The maximum Gasteiger partial charge on any atom is 0.0870 e. The van der Waals surface area contributed by atoms with Crippen molar-refractivity contribution in [2.75, 3.05) is 13.1 Å². The first-order valence-electron chi connectivity index (χ1n) is 5.67. The number of hydrogen-bond acceptors (Lipinski definition) is 3. The van der Waals surface area contributed by atoms with Crippen LogP contribution in [0.2, 0.25) is 0 Å². The van der Waals surface area contributed by atoms with Gasteiger partial charge >= 0.3 is 0 Å². The number of nitrogens with zero attached hydrogens (tertiary/aromatic N) is 3. The first-order valence-corrected chi connectivity index (χ1v) is 6.08. The van der Waals surface area contributed by atoms with Crippen LogP contribution >= 0.6 is 12.2 Å². The molecule has 1 aromatic heterocycles. The lowest BCUT2D eigenvalue weighted by atomic mass is 10.3. The Labute approximate surface area is 102 Å². The van der Waals surface area contributed by atoms with Crippen molar-refractivity contribution in [2.45, 2.75) is 33.4 Å². The zero-order valence-electron chi connectivity index (χ0n) is 10.0. The summed E-state index contributed by atoms with van der Waals surface area (Å²) in [5.74, 6) is 0. The highest BCUT2D eigenvalue weighted by atomic mass is 32.1. The van der Waals surface area contributed by atoms with Crippen LogP contribution in [0.25, 0.3) is 0 Å². The van der Waals surface area contributed by atoms with Crippen LogP contribution in [0.1, 0.15) is 25.8 Å². The third-order valence-corrected chi connectivity index (χ3v) is 2.47. The molecule has 0 aliphatic carbocycles. The molecule has 4 nitrogen and oxygen atoms in total. The van der Waals surface area contributed by atoms with E-state index in [2.05, 4.69) is 30.0 Å². The quantitative estimate of drug-likeness (QED) is 0.732. The molecule has 2 N–H and O–H groups in total. The van der Waals surface area contributed by atoms with Crippen LogP contribution < -0.4 is 5.73 Å². The van der Waals surface area contributed by atoms with E-state index in [-0.39, 0.29) is 0 Å². The van der Waals surface area contributed by atoms with E-state index in [1.165, 1.54) is 5.56 Å². The number of aromatic nitrogens is 2. The van der Waals surface area contributed by atoms with E-state index in [1.54, 1.807) is 0 Å². The minimum absolute atomic E-state index is 0.552. The van der Waals surface area contributed by atoms with Gasteiger partial charge in [0.1, 0.15) is 0 Å². The third-order valence-electron chi connectivity index (χ3n) is 2.34. The molecule has 0 saturated carbocycles. The topological polar surface area (TPSA) is 47.1 Å². The molecule has 0 aliphatic rings. The van der Waals surface area contributed by atoms with Gasteiger partial charge in [-0.25, -0.2) is 0 Å². The van der Waals surface area contributed by atoms with Crippen molar-refractivity contribution in [3.63, 3.8) is 0 Å². The van der Waals surface area contributed by atoms with Crippen LogP contribution in [0.15, 0.2) is 12.4 Å². The zero-order chi connectivity index (χ0) is 12.0. The van der Waals surface area contributed by atoms with Crippen molar-refractivity contribution in [3.05, 3.63) is 18.0 Å². The Morgan fingerprint density at radius 3 is 2.81 bits per heavy atom. The number of aryl methyl sites for hydroxylation is 1. The molecule has 0 spiro atoms. The van der Waals surface area contributed by atoms with E-state index in [4.69, 9.17) is 18.0 Å². The molecule has 0 atom stereocenters. The summed E-state index contributed by atoms with van der Waals surface area (Å²) in [6, 6.07) is 0. The number of hydrogen-bond donors (Lipinski definition) is 1. The fourth-order valence-corrected chi connectivity index (χ4v) is 1.85. The van der Waals surface area contributed by atoms with E-state index < -0.39 is 0 Å². The Bertz CT molecular complexity index is 334. The molecule has 0 saturated heterocycles. The van der Waals surface area contributed by atoms with Crippen LogP contribution in [0.5, 0.6) is 0 Å². The molecule has 1 aromatic rings. The summed E-state index contributed by atoms with van der Waals surface area (Å²) in [5, 5.41) is 4.25. The van der Waals surface area contributed by atoms with Gasteiger partial charge in [0.25, 0.3) is 0 Å². The third kappa shape index (κ3) is 4.28. The lowest BCUT2D eigenvalue weighted by Gasteiger charge is -2.19. The predicted molar refractivity (Wildman–Crippen MR) is 70.3 cm³/mol. The Morgan fingerprint density at radius 1 is 1.56 bits per heavy atom. The molecule has 0 aliphatic heterocycles. The van der Waals surface area contributed by atoms with Crippen LogP contribution in [-0.4, -0.2) is 32.8 Å². The molecule has 1 rings (SSSR count). The SMILES string of the molecule is CCCN(CC(N)=S)Cc1cnn(CC)c1. The Morgan fingerprint density at radius 2 is 2.31 bits per heavy atom. The largest absolute Gasteiger partial charge is 0.392 e. The van der Waals surface area contributed by atoms with Gasteiger partial charge in [-0.1, -0.05) is 19.1 Å². The summed E-state index contributed by atoms with van der Waals surface area (Å²) in [6.45, 7) is 7.70. The molecule has 90 valence electrons. The summed E-state index contributed by atoms with van der Waals surface area (Å²) >= 11 is 4.95. The molecule has 1 heterocycles. The second-order valence-electron chi connectivity index (χ2n) is 3.88. The van der Waals surface area contributed by atoms with Gasteiger partial charge < -0.3 is 5.73 Å². The highest BCUT2D eigenvalue weighted by molar-refractivity contribution is 7.80. The van der Waals surface area contributed by atoms with E-state index in [0.717, 1.165) is 26.1 Å². The molecule has 0 unspecified atom stereocenters. The summed E-state index contributed by atoms with van der Waals surface area (Å²) in [4.78, 5) is 2.80. The monoisotopic (exact) mass is 240 g/mol. The molecule has 0 bridgehead atoms. The molecule has 0 fully saturated rings. The number of thiocarbonyl (C=S) groups is 1. The highest BCUT2D eigenvalue weighted by Gasteiger charge is 2.07. The lowest BCUT2D eigenvalue weighted by Crippen LogP contribution is -2.32. The van der Waals surface area contributed by atoms with Crippen LogP contribution in [0.4, 0.5) is 0 Å². The fourth-order valence-electron chi connectivity index (χ4n) is 1.67. The van der Waals surface area contributed by atoms with Gasteiger partial charge in [-0.05, 0) is 19.9 Å². The van der Waals surface area contributed by atoms with E-state index in [9.17, 15) is 0 Å². The number of nitrogens with two attached hydrogens (primary N) is 1. The zero-order valence-corrected chi connectivity index (χ0v) is 10.8. The van der Waals surface area contributed by atoms with Gasteiger partial charge in [-0.15, -0.1) is 0 Å². The molecule has 0 aromatic carbocycles. The smallest absolute Gasteiger partial charge is 0.0870 e. The van der Waals surface area contributed by atoms with Crippen LogP contribution in [0, 0.1) is 0 Å². The minimum atomic E-state index is 0.552. The lowest BCUT2D eigenvalue weighted by molar-refractivity contribution is 0.304. The van der Waals surface area contributed by atoms with Crippen LogP contribution in [0.3, 0.4) is 0 Å². The van der Waals surface area contributed by atoms with Gasteiger partial charge in [0, 0.05) is 31.4 Å². The fraction of sp³-hybridized carbons (Fsp3) is 0.636. The molecular formula is C11H20N4S. The van der Waals surface area contributed by atoms with Crippen molar-refractivity contribution < 1.29 is 0 Å². The van der Waals surface area contributed by atoms with Gasteiger partial charge in [-0.3, -0.25) is 9.58 Å². The van der Waals surface area contributed by atoms with Crippen molar-refractivity contribution in [1.29, 1.82) is 0 Å². The summed E-state index contributed by atoms with van der Waals surface area (Å²) in [6.07, 6.45) is 5.08. The number of rotatable bonds is 7. The summed E-state index contributed by atoms with van der Waals surface area (Å²) in [5.41, 5.74) is 6.79. The first kappa shape index (κ1) is 13.1. The predicted octanol–water partition coefficient (Wildman–Crippen LogP) is 1.40. The molecule has 0 amide bonds. The van der Waals surface area contributed by atoms with Crippen molar-refractivity contribution in [2.24, 2.45) is 5.73 Å². The van der Waals surface area contributed by atoms with Crippen molar-refractivity contribution in [1.82, 2.24) is 14.7 Å². The maximum absolute atomic E-state index is 5.58. The first-order chi connectivity index (χ1) is 7.65. The standard InChI is InChI=1S/C11H20N4S/c1-3-5-14(9-11(12)16)7-10-6-13-15(4-2)8-10/h6,8H,3-5,7,9H2,1-2H3,(H2,12,16).